The summed E-state index contributed by atoms with van der Waals surface area (Å²) in [5.41, 5.74) is 0.599. The van der Waals surface area contributed by atoms with Crippen LogP contribution in [0, 0.1) is 5.41 Å². The zero-order chi connectivity index (χ0) is 13.0. The molecule has 110 valence electrons. The predicted octanol–water partition coefficient (Wildman–Crippen LogP) is 0.784. The van der Waals surface area contributed by atoms with Gasteiger partial charge in [0.1, 0.15) is 0 Å². The molecule has 3 saturated heterocycles. The minimum atomic E-state index is 0.599. The zero-order valence-corrected chi connectivity index (χ0v) is 12.2. The molecule has 4 heteroatoms. The molecule has 1 unspecified atom stereocenters. The molecule has 3 aliphatic heterocycles. The molecule has 0 aromatic carbocycles. The van der Waals surface area contributed by atoms with E-state index >= 15 is 0 Å². The number of ether oxygens (including phenoxy) is 1. The maximum absolute atomic E-state index is 5.42. The van der Waals surface area contributed by atoms with Crippen LogP contribution in [0.25, 0.3) is 0 Å². The summed E-state index contributed by atoms with van der Waals surface area (Å²) in [5.74, 6) is 0. The number of nitrogens with zero attached hydrogens (tertiary/aromatic N) is 2. The second-order valence-corrected chi connectivity index (χ2v) is 6.61. The molecule has 0 aromatic rings. The standard InChI is InChI=1S/C15H29N3O/c1-3-15(13-16-5-1)4-2-6-18(14-15)8-7-17-9-11-19-12-10-17/h16H,1-14H2. The summed E-state index contributed by atoms with van der Waals surface area (Å²) in [7, 11) is 0. The summed E-state index contributed by atoms with van der Waals surface area (Å²) >= 11 is 0. The van der Waals surface area contributed by atoms with Gasteiger partial charge in [-0.15, -0.1) is 0 Å². The Morgan fingerprint density at radius 1 is 0.947 bits per heavy atom. The Labute approximate surface area is 117 Å². The van der Waals surface area contributed by atoms with Crippen molar-refractivity contribution in [1.29, 1.82) is 0 Å². The number of likely N-dealkylation sites (tertiary alicyclic amines) is 1. The van der Waals surface area contributed by atoms with Crippen molar-refractivity contribution in [3.8, 4) is 0 Å². The third-order valence-corrected chi connectivity index (χ3v) is 5.14. The van der Waals surface area contributed by atoms with Crippen LogP contribution < -0.4 is 5.32 Å². The van der Waals surface area contributed by atoms with Crippen LogP contribution in [0.1, 0.15) is 25.7 Å². The van der Waals surface area contributed by atoms with Gasteiger partial charge in [-0.25, -0.2) is 0 Å². The van der Waals surface area contributed by atoms with Gasteiger partial charge < -0.3 is 15.0 Å². The van der Waals surface area contributed by atoms with Gasteiger partial charge in [-0.1, -0.05) is 0 Å². The fourth-order valence-corrected chi connectivity index (χ4v) is 3.99. The topological polar surface area (TPSA) is 27.7 Å². The fourth-order valence-electron chi connectivity index (χ4n) is 3.99. The van der Waals surface area contributed by atoms with E-state index in [9.17, 15) is 0 Å². The number of rotatable bonds is 3. The molecule has 0 aromatic heterocycles. The summed E-state index contributed by atoms with van der Waals surface area (Å²) < 4.78 is 5.42. The molecule has 1 spiro atoms. The molecular weight excluding hydrogens is 238 g/mol. The number of hydrogen-bond acceptors (Lipinski definition) is 4. The van der Waals surface area contributed by atoms with Crippen molar-refractivity contribution in [3.05, 3.63) is 0 Å². The van der Waals surface area contributed by atoms with Crippen LogP contribution in [0.2, 0.25) is 0 Å². The summed E-state index contributed by atoms with van der Waals surface area (Å²) in [5, 5.41) is 3.62. The Hall–Kier alpha value is -0.160. The lowest BCUT2D eigenvalue weighted by molar-refractivity contribution is 0.0212. The van der Waals surface area contributed by atoms with Gasteiger partial charge in [0.25, 0.3) is 0 Å². The molecule has 4 nitrogen and oxygen atoms in total. The van der Waals surface area contributed by atoms with Crippen LogP contribution in [0.15, 0.2) is 0 Å². The van der Waals surface area contributed by atoms with Gasteiger partial charge in [0.15, 0.2) is 0 Å². The van der Waals surface area contributed by atoms with Crippen LogP contribution in [0.3, 0.4) is 0 Å². The predicted molar refractivity (Wildman–Crippen MR) is 77.5 cm³/mol. The van der Waals surface area contributed by atoms with Gasteiger partial charge in [0.05, 0.1) is 13.2 Å². The Kier molecular flexibility index (Phi) is 4.74. The monoisotopic (exact) mass is 267 g/mol. The molecule has 0 bridgehead atoms. The van der Waals surface area contributed by atoms with Gasteiger partial charge in [-0.2, -0.15) is 0 Å². The summed E-state index contributed by atoms with van der Waals surface area (Å²) in [6.07, 6.45) is 5.64. The van der Waals surface area contributed by atoms with Gasteiger partial charge in [-0.05, 0) is 44.2 Å². The minimum Gasteiger partial charge on any atom is -0.379 e. The first kappa shape index (κ1) is 13.8. The Morgan fingerprint density at radius 2 is 1.74 bits per heavy atom. The molecular formula is C15H29N3O. The van der Waals surface area contributed by atoms with Crippen LogP contribution >= 0.6 is 0 Å². The lowest BCUT2D eigenvalue weighted by Gasteiger charge is -2.46. The lowest BCUT2D eigenvalue weighted by atomic mass is 9.74. The number of piperidine rings is 2. The third kappa shape index (κ3) is 3.69. The fraction of sp³-hybridized carbons (Fsp3) is 1.00. The maximum atomic E-state index is 5.42. The molecule has 1 N–H and O–H groups in total. The largest absolute Gasteiger partial charge is 0.379 e. The molecule has 19 heavy (non-hydrogen) atoms. The first-order chi connectivity index (χ1) is 9.36. The summed E-state index contributed by atoms with van der Waals surface area (Å²) in [4.78, 5) is 5.27. The van der Waals surface area contributed by atoms with Crippen molar-refractivity contribution in [2.75, 3.05) is 65.6 Å². The van der Waals surface area contributed by atoms with Crippen molar-refractivity contribution in [2.24, 2.45) is 5.41 Å². The Morgan fingerprint density at radius 3 is 2.53 bits per heavy atom. The van der Waals surface area contributed by atoms with E-state index in [2.05, 4.69) is 15.1 Å². The van der Waals surface area contributed by atoms with Crippen molar-refractivity contribution in [3.63, 3.8) is 0 Å². The van der Waals surface area contributed by atoms with Crippen LogP contribution in [-0.4, -0.2) is 75.4 Å². The van der Waals surface area contributed by atoms with E-state index in [1.54, 1.807) is 0 Å². The SMILES string of the molecule is C1CNCC2(C1)CCCN(CCN1CCOCC1)C2. The van der Waals surface area contributed by atoms with E-state index in [0.717, 1.165) is 26.3 Å². The van der Waals surface area contributed by atoms with E-state index in [1.807, 2.05) is 0 Å². The van der Waals surface area contributed by atoms with E-state index in [0.29, 0.717) is 5.41 Å². The van der Waals surface area contributed by atoms with E-state index < -0.39 is 0 Å². The van der Waals surface area contributed by atoms with E-state index in [-0.39, 0.29) is 0 Å². The maximum Gasteiger partial charge on any atom is 0.0594 e. The van der Waals surface area contributed by atoms with Crippen molar-refractivity contribution in [1.82, 2.24) is 15.1 Å². The van der Waals surface area contributed by atoms with Gasteiger partial charge in [0, 0.05) is 39.3 Å². The molecule has 3 fully saturated rings. The van der Waals surface area contributed by atoms with Crippen LogP contribution in [0.4, 0.5) is 0 Å². The second kappa shape index (κ2) is 6.53. The van der Waals surface area contributed by atoms with E-state index in [1.165, 1.54) is 65.0 Å². The highest BCUT2D eigenvalue weighted by Crippen LogP contribution is 2.35. The lowest BCUT2D eigenvalue weighted by Crippen LogP contribution is -2.52. The van der Waals surface area contributed by atoms with Crippen LogP contribution in [-0.2, 0) is 4.74 Å². The highest BCUT2D eigenvalue weighted by atomic mass is 16.5. The second-order valence-electron chi connectivity index (χ2n) is 6.61. The first-order valence-corrected chi connectivity index (χ1v) is 8.10. The van der Waals surface area contributed by atoms with Crippen molar-refractivity contribution < 1.29 is 4.74 Å². The quantitative estimate of drug-likeness (QED) is 0.818. The first-order valence-electron chi connectivity index (χ1n) is 8.10. The molecule has 3 aliphatic rings. The average Bonchev–Trinajstić information content (AvgIpc) is 2.47. The minimum absolute atomic E-state index is 0.599. The van der Waals surface area contributed by atoms with Gasteiger partial charge in [0.2, 0.25) is 0 Å². The van der Waals surface area contributed by atoms with E-state index in [4.69, 9.17) is 4.74 Å². The average molecular weight is 267 g/mol. The van der Waals surface area contributed by atoms with Crippen molar-refractivity contribution in [2.45, 2.75) is 25.7 Å². The summed E-state index contributed by atoms with van der Waals surface area (Å²) in [6, 6.07) is 0. The molecule has 0 amide bonds. The zero-order valence-electron chi connectivity index (χ0n) is 12.2. The molecule has 3 heterocycles. The molecule has 1 atom stereocenters. The van der Waals surface area contributed by atoms with Crippen LogP contribution in [0.5, 0.6) is 0 Å². The molecule has 0 aliphatic carbocycles. The number of hydrogen-bond donors (Lipinski definition) is 1. The van der Waals surface area contributed by atoms with Crippen molar-refractivity contribution >= 4 is 0 Å². The summed E-state index contributed by atoms with van der Waals surface area (Å²) in [6.45, 7) is 11.7. The highest BCUT2D eigenvalue weighted by Gasteiger charge is 2.36. The Balaban J connectivity index is 1.45. The number of morpholine rings is 1. The molecule has 0 radical (unpaired) electrons. The normalized spacial score (nSPS) is 34.7. The van der Waals surface area contributed by atoms with Gasteiger partial charge >= 0.3 is 0 Å². The third-order valence-electron chi connectivity index (χ3n) is 5.14. The smallest absolute Gasteiger partial charge is 0.0594 e. The molecule has 0 saturated carbocycles. The Bertz CT molecular complexity index is 267. The number of nitrogens with one attached hydrogen (secondary N) is 1. The van der Waals surface area contributed by atoms with Gasteiger partial charge in [-0.3, -0.25) is 4.90 Å². The molecule has 3 rings (SSSR count). The highest BCUT2D eigenvalue weighted by molar-refractivity contribution is 4.91.